The lowest BCUT2D eigenvalue weighted by Gasteiger charge is -2.32. The van der Waals surface area contributed by atoms with E-state index in [-0.39, 0.29) is 0 Å². The highest BCUT2D eigenvalue weighted by molar-refractivity contribution is 7.25. The largest absolute Gasteiger partial charge is 0.314 e. The molecule has 0 saturated carbocycles. The zero-order valence-corrected chi connectivity index (χ0v) is 29.7. The molecule has 2 aromatic heterocycles. The quantitative estimate of drug-likeness (QED) is 0.169. The van der Waals surface area contributed by atoms with Crippen molar-refractivity contribution >= 4 is 70.3 Å². The lowest BCUT2D eigenvalue weighted by atomic mass is 9.85. The molecule has 248 valence electrons. The minimum Gasteiger partial charge on any atom is -0.314 e. The molecule has 0 bridgehead atoms. The van der Waals surface area contributed by atoms with Gasteiger partial charge < -0.3 is 9.47 Å². The number of hydrogen-bond acceptors (Lipinski definition) is 2. The Labute approximate surface area is 307 Å². The number of para-hydroxylation sites is 2. The molecule has 0 N–H and O–H groups in total. The highest BCUT2D eigenvalue weighted by atomic mass is 32.1. The van der Waals surface area contributed by atoms with Crippen LogP contribution < -0.4 is 4.90 Å². The Bertz CT molecular complexity index is 2820. The number of nitrogens with zero attached hydrogens (tertiary/aromatic N) is 2. The Balaban J connectivity index is 1.05. The van der Waals surface area contributed by atoms with Gasteiger partial charge >= 0.3 is 0 Å². The molecular weight excluding hydrogens is 649 g/mol. The van der Waals surface area contributed by atoms with Crippen LogP contribution in [0.5, 0.6) is 0 Å². The first-order valence-electron chi connectivity index (χ1n) is 18.1. The van der Waals surface area contributed by atoms with Crippen LogP contribution in [0.1, 0.15) is 18.9 Å². The van der Waals surface area contributed by atoms with E-state index in [2.05, 4.69) is 198 Å². The fourth-order valence-corrected chi connectivity index (χ4v) is 9.25. The number of anilines is 2. The number of allylic oxidation sites excluding steroid dienone is 4. The van der Waals surface area contributed by atoms with Crippen molar-refractivity contribution in [1.82, 2.24) is 4.57 Å². The third-order valence-corrected chi connectivity index (χ3v) is 11.8. The Morgan fingerprint density at radius 1 is 0.500 bits per heavy atom. The average Bonchev–Trinajstić information content (AvgIpc) is 3.74. The number of hydrogen-bond donors (Lipinski definition) is 0. The van der Waals surface area contributed by atoms with Crippen LogP contribution in [0.2, 0.25) is 0 Å². The summed E-state index contributed by atoms with van der Waals surface area (Å²) in [5, 5.41) is 5.20. The average molecular weight is 685 g/mol. The zero-order chi connectivity index (χ0) is 34.6. The summed E-state index contributed by atoms with van der Waals surface area (Å²) in [4.78, 5) is 2.45. The predicted molar refractivity (Wildman–Crippen MR) is 224 cm³/mol. The maximum Gasteiger partial charge on any atom is 0.0541 e. The number of benzene rings is 7. The van der Waals surface area contributed by atoms with Gasteiger partial charge in [-0.25, -0.2) is 0 Å². The molecule has 0 aliphatic heterocycles. The molecule has 2 nitrogen and oxygen atoms in total. The van der Waals surface area contributed by atoms with E-state index < -0.39 is 0 Å². The summed E-state index contributed by atoms with van der Waals surface area (Å²) in [6.45, 7) is 2.37. The van der Waals surface area contributed by atoms with Gasteiger partial charge in [0.05, 0.1) is 11.0 Å². The Kier molecular flexibility index (Phi) is 7.40. The molecule has 52 heavy (non-hydrogen) atoms. The summed E-state index contributed by atoms with van der Waals surface area (Å²) in [6.07, 6.45) is 5.65. The molecular formula is C49H36N2S. The third kappa shape index (κ3) is 5.16. The fourth-order valence-electron chi connectivity index (χ4n) is 8.16. The molecule has 1 atom stereocenters. The second-order valence-corrected chi connectivity index (χ2v) is 14.9. The third-order valence-electron chi connectivity index (χ3n) is 10.7. The first kappa shape index (κ1) is 30.6. The van der Waals surface area contributed by atoms with Crippen LogP contribution in [-0.4, -0.2) is 4.57 Å². The molecule has 3 heteroatoms. The van der Waals surface area contributed by atoms with Crippen molar-refractivity contribution in [1.29, 1.82) is 0 Å². The summed E-state index contributed by atoms with van der Waals surface area (Å²) in [5.41, 5.74) is 12.4. The number of aromatic nitrogens is 1. The number of fused-ring (bicyclic) bond motifs is 6. The van der Waals surface area contributed by atoms with E-state index in [4.69, 9.17) is 0 Å². The van der Waals surface area contributed by atoms with Crippen LogP contribution in [0.4, 0.5) is 11.4 Å². The van der Waals surface area contributed by atoms with Gasteiger partial charge in [-0.05, 0) is 107 Å². The van der Waals surface area contributed by atoms with Gasteiger partial charge in [-0.3, -0.25) is 0 Å². The van der Waals surface area contributed by atoms with E-state index in [0.717, 1.165) is 6.42 Å². The zero-order valence-electron chi connectivity index (χ0n) is 28.9. The van der Waals surface area contributed by atoms with E-state index >= 15 is 0 Å². The van der Waals surface area contributed by atoms with E-state index in [0.29, 0.717) is 5.92 Å². The molecule has 0 fully saturated rings. The Morgan fingerprint density at radius 3 is 1.96 bits per heavy atom. The molecule has 2 heterocycles. The molecule has 0 amide bonds. The van der Waals surface area contributed by atoms with Crippen molar-refractivity contribution in [2.45, 2.75) is 13.3 Å². The van der Waals surface area contributed by atoms with Gasteiger partial charge in [0, 0.05) is 53.7 Å². The van der Waals surface area contributed by atoms with Crippen LogP contribution in [0.3, 0.4) is 0 Å². The van der Waals surface area contributed by atoms with Gasteiger partial charge in [0.2, 0.25) is 0 Å². The van der Waals surface area contributed by atoms with Gasteiger partial charge in [-0.1, -0.05) is 116 Å². The molecule has 1 unspecified atom stereocenters. The standard InChI is InChI=1S/C49H36N2S/c1-33-30-39(50(37-14-6-3-7-15-37)40-26-29-49-45(32-40)43-17-9-11-19-48(43)52-49)25-27-41(33)36-22-28-47-44(31-36)42-16-8-10-18-46(42)51(47)38-23-20-35(21-24-38)34-12-4-2-5-13-34/h2-29,31-33H,30H2,1H3. The van der Waals surface area contributed by atoms with Crippen molar-refractivity contribution in [3.8, 4) is 16.8 Å². The number of rotatable bonds is 6. The maximum atomic E-state index is 2.45. The minimum atomic E-state index is 0.341. The van der Waals surface area contributed by atoms with E-state index in [1.54, 1.807) is 0 Å². The summed E-state index contributed by atoms with van der Waals surface area (Å²) >= 11 is 1.87. The highest BCUT2D eigenvalue weighted by Crippen LogP contribution is 2.43. The van der Waals surface area contributed by atoms with E-state index in [1.165, 1.54) is 87.0 Å². The SMILES string of the molecule is CC1CC(N(c2ccccc2)c2ccc3sc4ccccc4c3c2)=CC=C1c1ccc2c(c1)c1ccccc1n2-c1ccc(-c2ccccc2)cc1. The van der Waals surface area contributed by atoms with Crippen molar-refractivity contribution in [2.75, 3.05) is 4.90 Å². The normalized spacial score (nSPS) is 14.6. The van der Waals surface area contributed by atoms with E-state index in [1.807, 2.05) is 11.3 Å². The van der Waals surface area contributed by atoms with Gasteiger partial charge in [-0.2, -0.15) is 0 Å². The molecule has 0 saturated heterocycles. The molecule has 0 radical (unpaired) electrons. The van der Waals surface area contributed by atoms with Gasteiger partial charge in [-0.15, -0.1) is 11.3 Å². The van der Waals surface area contributed by atoms with Crippen LogP contribution >= 0.6 is 11.3 Å². The predicted octanol–water partition coefficient (Wildman–Crippen LogP) is 14.0. The van der Waals surface area contributed by atoms with Crippen LogP contribution in [0, 0.1) is 5.92 Å². The molecule has 7 aromatic carbocycles. The Morgan fingerprint density at radius 2 is 1.15 bits per heavy atom. The summed E-state index contributed by atoms with van der Waals surface area (Å²) in [6, 6.07) is 61.9. The lowest BCUT2D eigenvalue weighted by molar-refractivity contribution is 0.715. The summed E-state index contributed by atoms with van der Waals surface area (Å²) in [7, 11) is 0. The lowest BCUT2D eigenvalue weighted by Crippen LogP contribution is -2.20. The molecule has 0 spiro atoms. The molecule has 1 aliphatic rings. The first-order valence-corrected chi connectivity index (χ1v) is 18.9. The molecule has 9 aromatic rings. The monoisotopic (exact) mass is 684 g/mol. The molecule has 10 rings (SSSR count). The van der Waals surface area contributed by atoms with Crippen molar-refractivity contribution < 1.29 is 0 Å². The van der Waals surface area contributed by atoms with Crippen molar-refractivity contribution in [3.63, 3.8) is 0 Å². The minimum absolute atomic E-state index is 0.341. The van der Waals surface area contributed by atoms with Gasteiger partial charge in [0.1, 0.15) is 0 Å². The fraction of sp³-hybridized carbons (Fsp3) is 0.0612. The number of thiophene rings is 1. The van der Waals surface area contributed by atoms with Crippen molar-refractivity contribution in [2.24, 2.45) is 5.92 Å². The summed E-state index contributed by atoms with van der Waals surface area (Å²) in [5.74, 6) is 0.341. The van der Waals surface area contributed by atoms with Crippen molar-refractivity contribution in [3.05, 3.63) is 193 Å². The van der Waals surface area contributed by atoms with Crippen LogP contribution in [0.15, 0.2) is 188 Å². The Hall–Kier alpha value is -6.16. The first-order chi connectivity index (χ1) is 25.7. The highest BCUT2D eigenvalue weighted by Gasteiger charge is 2.24. The van der Waals surface area contributed by atoms with E-state index in [9.17, 15) is 0 Å². The van der Waals surface area contributed by atoms with Crippen LogP contribution in [0.25, 0.3) is 64.4 Å². The smallest absolute Gasteiger partial charge is 0.0541 e. The van der Waals surface area contributed by atoms with Crippen LogP contribution in [-0.2, 0) is 0 Å². The maximum absolute atomic E-state index is 2.45. The summed E-state index contributed by atoms with van der Waals surface area (Å²) < 4.78 is 5.07. The van der Waals surface area contributed by atoms with Gasteiger partial charge in [0.25, 0.3) is 0 Å². The second kappa shape index (κ2) is 12.6. The topological polar surface area (TPSA) is 8.17 Å². The molecule has 1 aliphatic carbocycles. The second-order valence-electron chi connectivity index (χ2n) is 13.8. The van der Waals surface area contributed by atoms with Gasteiger partial charge in [0.15, 0.2) is 0 Å².